The summed E-state index contributed by atoms with van der Waals surface area (Å²) in [7, 11) is 0. The molecular formula is C17H18N2. The number of fused-ring (bicyclic) bond motifs is 3. The molecule has 0 fully saturated rings. The minimum atomic E-state index is 0.0557. The third-order valence-corrected chi connectivity index (χ3v) is 3.43. The summed E-state index contributed by atoms with van der Waals surface area (Å²) in [5, 5.41) is 2.30. The molecule has 0 spiro atoms. The van der Waals surface area contributed by atoms with E-state index in [0.29, 0.717) is 0 Å². The molecule has 2 aromatic heterocycles. The quantitative estimate of drug-likeness (QED) is 0.553. The molecule has 19 heavy (non-hydrogen) atoms. The van der Waals surface area contributed by atoms with Crippen LogP contribution < -0.4 is 0 Å². The molecule has 2 heteroatoms. The van der Waals surface area contributed by atoms with Crippen molar-refractivity contribution in [2.75, 3.05) is 0 Å². The summed E-state index contributed by atoms with van der Waals surface area (Å²) in [4.78, 5) is 9.52. The van der Waals surface area contributed by atoms with E-state index in [0.717, 1.165) is 33.2 Å². The van der Waals surface area contributed by atoms with Crippen LogP contribution in [0.1, 0.15) is 32.2 Å². The number of benzene rings is 1. The van der Waals surface area contributed by atoms with Gasteiger partial charge in [-0.15, -0.1) is 0 Å². The third kappa shape index (κ3) is 2.07. The maximum absolute atomic E-state index is 4.85. The first kappa shape index (κ1) is 12.1. The molecular weight excluding hydrogens is 232 g/mol. The summed E-state index contributed by atoms with van der Waals surface area (Å²) in [5.74, 6) is 0. The second-order valence-electron chi connectivity index (χ2n) is 6.11. The van der Waals surface area contributed by atoms with Gasteiger partial charge in [-0.2, -0.15) is 0 Å². The van der Waals surface area contributed by atoms with Crippen LogP contribution >= 0.6 is 0 Å². The molecule has 0 radical (unpaired) electrons. The van der Waals surface area contributed by atoms with Gasteiger partial charge in [-0.25, -0.2) is 4.98 Å². The lowest BCUT2D eigenvalue weighted by molar-refractivity contribution is 0.571. The maximum atomic E-state index is 4.85. The minimum Gasteiger partial charge on any atom is -0.251 e. The fraction of sp³-hybridized carbons (Fsp3) is 0.294. The van der Waals surface area contributed by atoms with E-state index < -0.39 is 0 Å². The molecule has 0 saturated heterocycles. The molecule has 2 nitrogen and oxygen atoms in total. The van der Waals surface area contributed by atoms with Crippen molar-refractivity contribution in [3.8, 4) is 0 Å². The van der Waals surface area contributed by atoms with Gasteiger partial charge in [0.2, 0.25) is 0 Å². The molecule has 0 aliphatic heterocycles. The van der Waals surface area contributed by atoms with Gasteiger partial charge in [0.15, 0.2) is 0 Å². The highest BCUT2D eigenvalue weighted by Gasteiger charge is 2.16. The number of aryl methyl sites for hydroxylation is 1. The zero-order valence-corrected chi connectivity index (χ0v) is 11.9. The molecule has 0 aliphatic carbocycles. The Morgan fingerprint density at radius 3 is 1.89 bits per heavy atom. The lowest BCUT2D eigenvalue weighted by Crippen LogP contribution is -2.13. The third-order valence-electron chi connectivity index (χ3n) is 3.43. The monoisotopic (exact) mass is 250 g/mol. The van der Waals surface area contributed by atoms with Gasteiger partial charge in [0.05, 0.1) is 11.0 Å². The first-order valence-corrected chi connectivity index (χ1v) is 6.63. The Kier molecular flexibility index (Phi) is 2.56. The molecule has 0 amide bonds. The van der Waals surface area contributed by atoms with E-state index in [1.165, 1.54) is 0 Å². The predicted molar refractivity (Wildman–Crippen MR) is 80.5 cm³/mol. The first-order chi connectivity index (χ1) is 8.95. The van der Waals surface area contributed by atoms with Crippen molar-refractivity contribution in [2.24, 2.45) is 0 Å². The molecule has 0 atom stereocenters. The Balaban J connectivity index is 2.41. The van der Waals surface area contributed by atoms with Crippen molar-refractivity contribution in [2.45, 2.75) is 33.1 Å². The van der Waals surface area contributed by atoms with Crippen LogP contribution in [0.5, 0.6) is 0 Å². The summed E-state index contributed by atoms with van der Waals surface area (Å²) < 4.78 is 0. The molecule has 0 saturated carbocycles. The molecule has 0 bridgehead atoms. The van der Waals surface area contributed by atoms with Gasteiger partial charge in [-0.1, -0.05) is 45.0 Å². The molecule has 0 unspecified atom stereocenters. The van der Waals surface area contributed by atoms with Gasteiger partial charge in [0.25, 0.3) is 0 Å². The zero-order valence-electron chi connectivity index (χ0n) is 11.9. The topological polar surface area (TPSA) is 25.8 Å². The van der Waals surface area contributed by atoms with E-state index in [-0.39, 0.29) is 5.41 Å². The number of rotatable bonds is 0. The highest BCUT2D eigenvalue weighted by molar-refractivity contribution is 6.02. The van der Waals surface area contributed by atoms with Crippen molar-refractivity contribution in [3.63, 3.8) is 0 Å². The van der Waals surface area contributed by atoms with Gasteiger partial charge >= 0.3 is 0 Å². The van der Waals surface area contributed by atoms with E-state index in [9.17, 15) is 0 Å². The number of pyridine rings is 2. The van der Waals surface area contributed by atoms with Crippen molar-refractivity contribution < 1.29 is 0 Å². The summed E-state index contributed by atoms with van der Waals surface area (Å²) in [6.45, 7) is 8.58. The van der Waals surface area contributed by atoms with Crippen LogP contribution in [0.15, 0.2) is 36.4 Å². The summed E-state index contributed by atoms with van der Waals surface area (Å²) in [6.07, 6.45) is 0. The predicted octanol–water partition coefficient (Wildman–Crippen LogP) is 4.39. The summed E-state index contributed by atoms with van der Waals surface area (Å²) in [6, 6.07) is 12.7. The van der Waals surface area contributed by atoms with Crippen LogP contribution in [0.25, 0.3) is 21.8 Å². The van der Waals surface area contributed by atoms with Crippen LogP contribution in [0.3, 0.4) is 0 Å². The zero-order chi connectivity index (χ0) is 13.6. The Bertz CT molecular complexity index is 767. The smallest absolute Gasteiger partial charge is 0.0968 e. The van der Waals surface area contributed by atoms with Gasteiger partial charge in [-0.05, 0) is 19.1 Å². The normalized spacial score (nSPS) is 12.2. The molecule has 96 valence electrons. The fourth-order valence-corrected chi connectivity index (χ4v) is 2.28. The molecule has 0 aliphatic rings. The lowest BCUT2D eigenvalue weighted by Gasteiger charge is -2.18. The Labute approximate surface area is 113 Å². The van der Waals surface area contributed by atoms with E-state index in [1.54, 1.807) is 0 Å². The Morgan fingerprint density at radius 2 is 1.26 bits per heavy atom. The SMILES string of the molecule is Cc1ccc2ccc3ccc(C(C)(C)C)nc3c2n1. The van der Waals surface area contributed by atoms with E-state index >= 15 is 0 Å². The molecule has 1 aromatic carbocycles. The Hall–Kier alpha value is -1.96. The van der Waals surface area contributed by atoms with Crippen molar-refractivity contribution in [3.05, 3.63) is 47.8 Å². The minimum absolute atomic E-state index is 0.0557. The number of hydrogen-bond acceptors (Lipinski definition) is 2. The van der Waals surface area contributed by atoms with Crippen molar-refractivity contribution in [1.82, 2.24) is 9.97 Å². The average Bonchev–Trinajstić information content (AvgIpc) is 2.37. The molecule has 2 heterocycles. The number of aromatic nitrogens is 2. The fourth-order valence-electron chi connectivity index (χ4n) is 2.28. The van der Waals surface area contributed by atoms with Crippen LogP contribution in [0.2, 0.25) is 0 Å². The van der Waals surface area contributed by atoms with Crippen LogP contribution in [-0.4, -0.2) is 9.97 Å². The second-order valence-corrected chi connectivity index (χ2v) is 6.11. The van der Waals surface area contributed by atoms with Gasteiger partial charge in [0, 0.05) is 27.6 Å². The molecule has 0 N–H and O–H groups in total. The lowest BCUT2D eigenvalue weighted by atomic mass is 9.91. The highest BCUT2D eigenvalue weighted by Crippen LogP contribution is 2.27. The van der Waals surface area contributed by atoms with Crippen molar-refractivity contribution >= 4 is 21.8 Å². The largest absolute Gasteiger partial charge is 0.251 e. The second kappa shape index (κ2) is 4.02. The number of nitrogens with zero attached hydrogens (tertiary/aromatic N) is 2. The van der Waals surface area contributed by atoms with Gasteiger partial charge in [-0.3, -0.25) is 4.98 Å². The highest BCUT2D eigenvalue weighted by atomic mass is 14.8. The maximum Gasteiger partial charge on any atom is 0.0968 e. The van der Waals surface area contributed by atoms with Gasteiger partial charge < -0.3 is 0 Å². The number of hydrogen-bond donors (Lipinski definition) is 0. The van der Waals surface area contributed by atoms with Crippen LogP contribution in [-0.2, 0) is 5.41 Å². The van der Waals surface area contributed by atoms with Crippen LogP contribution in [0, 0.1) is 6.92 Å². The van der Waals surface area contributed by atoms with Gasteiger partial charge in [0.1, 0.15) is 0 Å². The molecule has 3 aromatic rings. The van der Waals surface area contributed by atoms with Crippen molar-refractivity contribution in [1.29, 1.82) is 0 Å². The summed E-state index contributed by atoms with van der Waals surface area (Å²) >= 11 is 0. The van der Waals surface area contributed by atoms with E-state index in [1.807, 2.05) is 13.0 Å². The molecule has 3 rings (SSSR count). The van der Waals surface area contributed by atoms with E-state index in [4.69, 9.17) is 4.98 Å². The summed E-state index contributed by atoms with van der Waals surface area (Å²) in [5.41, 5.74) is 4.20. The van der Waals surface area contributed by atoms with Crippen LogP contribution in [0.4, 0.5) is 0 Å². The average molecular weight is 250 g/mol. The van der Waals surface area contributed by atoms with E-state index in [2.05, 4.69) is 56.1 Å². The Morgan fingerprint density at radius 1 is 0.737 bits per heavy atom. The first-order valence-electron chi connectivity index (χ1n) is 6.63. The standard InChI is InChI=1S/C17H18N2/c1-11-5-6-12-7-8-13-9-10-14(17(2,3)4)19-16(13)15(12)18-11/h5-10H,1-4H3.